The Labute approximate surface area is 568 Å². The maximum atomic E-state index is 13.1. The number of hydrogen-bond acceptors (Lipinski definition) is 15. The Hall–Kier alpha value is -1.94. The molecule has 93 heavy (non-hydrogen) atoms. The fraction of sp³-hybridized carbons (Fsp3) is 0.946. The summed E-state index contributed by atoms with van der Waals surface area (Å²) < 4.78 is 68.4. The second-order valence-electron chi connectivity index (χ2n) is 27.2. The summed E-state index contributed by atoms with van der Waals surface area (Å²) in [4.78, 5) is 72.7. The maximum Gasteiger partial charge on any atom is 0.472 e. The van der Waals surface area contributed by atoms with Crippen LogP contribution in [0.3, 0.4) is 0 Å². The van der Waals surface area contributed by atoms with Crippen LogP contribution in [0.2, 0.25) is 0 Å². The van der Waals surface area contributed by atoms with Gasteiger partial charge in [-0.05, 0) is 31.6 Å². The third kappa shape index (κ3) is 68.4. The highest BCUT2D eigenvalue weighted by atomic mass is 31.2. The van der Waals surface area contributed by atoms with Crippen LogP contribution in [0.15, 0.2) is 0 Å². The molecule has 0 radical (unpaired) electrons. The molecule has 0 aliphatic carbocycles. The van der Waals surface area contributed by atoms with Crippen LogP contribution in [0.4, 0.5) is 0 Å². The van der Waals surface area contributed by atoms with Crippen LogP contribution < -0.4 is 0 Å². The van der Waals surface area contributed by atoms with Gasteiger partial charge in [-0.3, -0.25) is 37.3 Å². The van der Waals surface area contributed by atoms with E-state index in [0.29, 0.717) is 31.6 Å². The average Bonchev–Trinajstić information content (AvgIpc) is 2.38. The summed E-state index contributed by atoms with van der Waals surface area (Å²) in [6, 6.07) is 0. The minimum absolute atomic E-state index is 0.106. The van der Waals surface area contributed by atoms with E-state index in [-0.39, 0.29) is 25.7 Å². The van der Waals surface area contributed by atoms with Crippen molar-refractivity contribution in [2.75, 3.05) is 39.6 Å². The van der Waals surface area contributed by atoms with Crippen molar-refractivity contribution in [1.82, 2.24) is 0 Å². The van der Waals surface area contributed by atoms with Crippen LogP contribution in [0.25, 0.3) is 0 Å². The van der Waals surface area contributed by atoms with Crippen molar-refractivity contribution in [2.45, 2.75) is 406 Å². The van der Waals surface area contributed by atoms with Crippen molar-refractivity contribution in [3.8, 4) is 0 Å². The summed E-state index contributed by atoms with van der Waals surface area (Å²) in [5, 5.41) is 10.6. The minimum Gasteiger partial charge on any atom is -0.462 e. The molecule has 0 aliphatic heterocycles. The predicted molar refractivity (Wildman–Crippen MR) is 377 cm³/mol. The Morgan fingerprint density at radius 3 is 0.731 bits per heavy atom. The SMILES string of the molecule is CCCCCCCCCCCCCCCCCCCCC(=O)O[C@H](COC(=O)CCCCCCCCCCCCCCCC)COP(=O)(O)OC[C@@H](O)COP(=O)(O)OC[C@@H](COC(=O)CCCCCCCCCC(C)C)OC(=O)CCCCCCCCCCCCC. The van der Waals surface area contributed by atoms with Crippen LogP contribution in [0, 0.1) is 5.92 Å². The standard InChI is InChI=1S/C74H144O17P2/c1-6-9-12-15-18-21-24-26-28-29-30-31-33-36-39-44-50-55-60-74(79)90-69(63-84-71(76)57-52-47-42-37-35-32-27-25-22-19-16-13-10-7-2)65-88-92(80,81)86-61-68(75)62-87-93(82,83)89-66-70(64-85-72(77)58-53-48-45-40-41-46-51-56-67(4)5)91-73(78)59-54-49-43-38-34-23-20-17-14-11-8-3/h67-70,75H,6-66H2,1-5H3,(H,80,81)(H,82,83)/t68-,69-,70-/m1/s1. The first-order valence-electron chi connectivity index (χ1n) is 38.6. The van der Waals surface area contributed by atoms with Gasteiger partial charge in [-0.1, -0.05) is 336 Å². The van der Waals surface area contributed by atoms with Crippen molar-refractivity contribution >= 4 is 39.5 Å². The van der Waals surface area contributed by atoms with Gasteiger partial charge in [0.1, 0.15) is 19.3 Å². The smallest absolute Gasteiger partial charge is 0.462 e. The van der Waals surface area contributed by atoms with Gasteiger partial charge in [-0.2, -0.15) is 0 Å². The Balaban J connectivity index is 5.23. The first kappa shape index (κ1) is 91.1. The zero-order valence-corrected chi connectivity index (χ0v) is 62.2. The molecule has 17 nitrogen and oxygen atoms in total. The van der Waals surface area contributed by atoms with Gasteiger partial charge in [0.05, 0.1) is 26.4 Å². The number of carbonyl (C=O) groups excluding carboxylic acids is 4. The molecule has 552 valence electrons. The summed E-state index contributed by atoms with van der Waals surface area (Å²) in [5.41, 5.74) is 0. The number of aliphatic hydroxyl groups excluding tert-OH is 1. The lowest BCUT2D eigenvalue weighted by Crippen LogP contribution is -2.30. The molecule has 0 aromatic rings. The molecule has 0 aliphatic rings. The van der Waals surface area contributed by atoms with E-state index < -0.39 is 97.5 Å². The molecule has 3 N–H and O–H groups in total. The summed E-state index contributed by atoms with van der Waals surface area (Å²) in [6.45, 7) is 7.22. The van der Waals surface area contributed by atoms with Crippen LogP contribution in [-0.4, -0.2) is 96.7 Å². The van der Waals surface area contributed by atoms with Crippen molar-refractivity contribution in [3.63, 3.8) is 0 Å². The topological polar surface area (TPSA) is 237 Å². The third-order valence-corrected chi connectivity index (χ3v) is 19.2. The van der Waals surface area contributed by atoms with Crippen LogP contribution >= 0.6 is 15.6 Å². The van der Waals surface area contributed by atoms with Crippen molar-refractivity contribution in [1.29, 1.82) is 0 Å². The third-order valence-electron chi connectivity index (χ3n) is 17.3. The first-order chi connectivity index (χ1) is 45.0. The van der Waals surface area contributed by atoms with Gasteiger partial charge in [0.2, 0.25) is 0 Å². The second-order valence-corrected chi connectivity index (χ2v) is 30.1. The Kier molecular flexibility index (Phi) is 65.9. The number of aliphatic hydroxyl groups is 1. The molecular formula is C74H144O17P2. The van der Waals surface area contributed by atoms with E-state index in [1.54, 1.807) is 0 Å². The van der Waals surface area contributed by atoms with Gasteiger partial charge in [-0.25, -0.2) is 9.13 Å². The molecule has 5 atom stereocenters. The minimum atomic E-state index is -4.95. The van der Waals surface area contributed by atoms with E-state index >= 15 is 0 Å². The van der Waals surface area contributed by atoms with E-state index in [2.05, 4.69) is 34.6 Å². The lowest BCUT2D eigenvalue weighted by atomic mass is 10.0. The fourth-order valence-electron chi connectivity index (χ4n) is 11.4. The second kappa shape index (κ2) is 67.3. The zero-order chi connectivity index (χ0) is 68.4. The Bertz CT molecular complexity index is 1790. The number of phosphoric ester groups is 2. The number of hydrogen-bond donors (Lipinski definition) is 3. The molecule has 0 aromatic carbocycles. The monoisotopic (exact) mass is 1370 g/mol. The fourth-order valence-corrected chi connectivity index (χ4v) is 12.9. The van der Waals surface area contributed by atoms with Crippen molar-refractivity contribution in [3.05, 3.63) is 0 Å². The van der Waals surface area contributed by atoms with E-state index in [1.165, 1.54) is 205 Å². The molecule has 19 heteroatoms. The Morgan fingerprint density at radius 1 is 0.290 bits per heavy atom. The van der Waals surface area contributed by atoms with Gasteiger partial charge in [0.25, 0.3) is 0 Å². The maximum absolute atomic E-state index is 13.1. The van der Waals surface area contributed by atoms with Gasteiger partial charge >= 0.3 is 39.5 Å². The number of carbonyl (C=O) groups is 4. The zero-order valence-electron chi connectivity index (χ0n) is 60.4. The quantitative estimate of drug-likeness (QED) is 0.0222. The molecule has 2 unspecified atom stereocenters. The largest absolute Gasteiger partial charge is 0.472 e. The van der Waals surface area contributed by atoms with Crippen LogP contribution in [-0.2, 0) is 65.4 Å². The first-order valence-corrected chi connectivity index (χ1v) is 41.6. The number of ether oxygens (including phenoxy) is 4. The van der Waals surface area contributed by atoms with Crippen molar-refractivity contribution < 1.29 is 80.2 Å². The van der Waals surface area contributed by atoms with Gasteiger partial charge in [-0.15, -0.1) is 0 Å². The van der Waals surface area contributed by atoms with E-state index in [9.17, 15) is 43.2 Å². The summed E-state index contributed by atoms with van der Waals surface area (Å²) in [7, 11) is -9.90. The van der Waals surface area contributed by atoms with E-state index in [4.69, 9.17) is 37.0 Å². The molecule has 0 heterocycles. The lowest BCUT2D eigenvalue weighted by molar-refractivity contribution is -0.161. The number of esters is 4. The Morgan fingerprint density at radius 2 is 0.495 bits per heavy atom. The molecule has 0 saturated heterocycles. The highest BCUT2D eigenvalue weighted by Crippen LogP contribution is 2.45. The normalized spacial score (nSPS) is 14.0. The van der Waals surface area contributed by atoms with E-state index in [0.717, 1.165) is 96.3 Å². The molecule has 0 fully saturated rings. The predicted octanol–water partition coefficient (Wildman–Crippen LogP) is 21.7. The number of rotatable bonds is 74. The average molecular weight is 1370 g/mol. The van der Waals surface area contributed by atoms with E-state index in [1.807, 2.05) is 0 Å². The number of phosphoric acid groups is 2. The summed E-state index contributed by atoms with van der Waals surface area (Å²) >= 11 is 0. The molecule has 0 amide bonds. The van der Waals surface area contributed by atoms with Gasteiger partial charge < -0.3 is 33.8 Å². The molecule has 0 rings (SSSR count). The molecule has 0 saturated carbocycles. The van der Waals surface area contributed by atoms with Crippen molar-refractivity contribution in [2.24, 2.45) is 5.92 Å². The van der Waals surface area contributed by atoms with Gasteiger partial charge in [0, 0.05) is 25.7 Å². The molecule has 0 spiro atoms. The molecule has 0 aromatic heterocycles. The summed E-state index contributed by atoms with van der Waals surface area (Å²) in [6.07, 6.45) is 55.5. The highest BCUT2D eigenvalue weighted by molar-refractivity contribution is 7.47. The molecular weight excluding hydrogens is 1220 g/mol. The lowest BCUT2D eigenvalue weighted by Gasteiger charge is -2.21. The highest BCUT2D eigenvalue weighted by Gasteiger charge is 2.30. The van der Waals surface area contributed by atoms with Crippen LogP contribution in [0.5, 0.6) is 0 Å². The molecule has 0 bridgehead atoms. The van der Waals surface area contributed by atoms with Crippen LogP contribution in [0.1, 0.15) is 388 Å². The summed E-state index contributed by atoms with van der Waals surface area (Å²) in [5.74, 6) is -1.41. The van der Waals surface area contributed by atoms with Gasteiger partial charge in [0.15, 0.2) is 12.2 Å². The number of unbranched alkanes of at least 4 members (excludes halogenated alkanes) is 46.